The zero-order chi connectivity index (χ0) is 7.68. The predicted octanol–water partition coefficient (Wildman–Crippen LogP) is -0.563. The maximum atomic E-state index is 5.27. The van der Waals surface area contributed by atoms with E-state index >= 15 is 0 Å². The summed E-state index contributed by atoms with van der Waals surface area (Å²) < 4.78 is 4.81. The van der Waals surface area contributed by atoms with Crippen LogP contribution in [0.25, 0.3) is 11.7 Å². The molecule has 2 aromatic rings. The lowest BCUT2D eigenvalue weighted by atomic mass is 10.6. The minimum absolute atomic E-state index is 0.221. The van der Waals surface area contributed by atoms with E-state index in [1.165, 1.54) is 6.39 Å². The summed E-state index contributed by atoms with van der Waals surface area (Å²) in [6.45, 7) is 0. The number of hydrogen-bond acceptors (Lipinski definition) is 6. The Bertz CT molecular complexity index is 337. The van der Waals surface area contributed by atoms with Crippen molar-refractivity contribution < 1.29 is 4.42 Å². The summed E-state index contributed by atoms with van der Waals surface area (Å²) in [5, 5.41) is 13.2. The van der Waals surface area contributed by atoms with Gasteiger partial charge in [0.1, 0.15) is 0 Å². The topological polar surface area (TPSA) is 107 Å². The van der Waals surface area contributed by atoms with Gasteiger partial charge in [0, 0.05) is 0 Å². The first-order chi connectivity index (χ1) is 5.36. The van der Waals surface area contributed by atoms with E-state index in [4.69, 9.17) is 10.2 Å². The fraction of sp³-hybridized carbons (Fsp3) is 0. The molecule has 56 valence electrons. The van der Waals surface area contributed by atoms with Crippen LogP contribution in [0.3, 0.4) is 0 Å². The molecule has 0 radical (unpaired) electrons. The second-order valence-corrected chi connectivity index (χ2v) is 1.79. The van der Waals surface area contributed by atoms with E-state index in [-0.39, 0.29) is 11.8 Å². The van der Waals surface area contributed by atoms with Crippen molar-refractivity contribution in [2.75, 3.05) is 5.73 Å². The maximum absolute atomic E-state index is 5.27. The van der Waals surface area contributed by atoms with E-state index in [0.717, 1.165) is 0 Å². The van der Waals surface area contributed by atoms with Gasteiger partial charge >= 0.3 is 0 Å². The summed E-state index contributed by atoms with van der Waals surface area (Å²) in [7, 11) is 0. The van der Waals surface area contributed by atoms with Gasteiger partial charge in [0.2, 0.25) is 18.2 Å². The molecule has 0 fully saturated rings. The fourth-order valence-corrected chi connectivity index (χ4v) is 0.640. The number of aromatic amines is 1. The molecule has 0 aliphatic rings. The highest BCUT2D eigenvalue weighted by Gasteiger charge is 2.07. The quantitative estimate of drug-likeness (QED) is 0.567. The zero-order valence-electron chi connectivity index (χ0n) is 5.35. The molecule has 7 nitrogen and oxygen atoms in total. The molecule has 0 unspecified atom stereocenters. The van der Waals surface area contributed by atoms with Gasteiger partial charge in [-0.1, -0.05) is 0 Å². The molecule has 0 atom stereocenters. The molecule has 11 heavy (non-hydrogen) atoms. The van der Waals surface area contributed by atoms with Crippen LogP contribution in [0.5, 0.6) is 0 Å². The molecule has 0 aliphatic carbocycles. The number of nitrogens with one attached hydrogen (secondary N) is 1. The van der Waals surface area contributed by atoms with Crippen LogP contribution in [0.1, 0.15) is 0 Å². The van der Waals surface area contributed by atoms with Crippen LogP contribution in [0.4, 0.5) is 5.95 Å². The third-order valence-electron chi connectivity index (χ3n) is 1.05. The highest BCUT2D eigenvalue weighted by molar-refractivity contribution is 5.40. The maximum Gasteiger partial charge on any atom is 0.287 e. The van der Waals surface area contributed by atoms with Crippen LogP contribution in [0, 0.1) is 0 Å². The first kappa shape index (κ1) is 5.83. The van der Waals surface area contributed by atoms with Gasteiger partial charge in [-0.05, 0) is 0 Å². The third kappa shape index (κ3) is 0.914. The van der Waals surface area contributed by atoms with Crippen molar-refractivity contribution >= 4 is 5.95 Å². The summed E-state index contributed by atoms with van der Waals surface area (Å²) in [5.41, 5.74) is 5.27. The minimum Gasteiger partial charge on any atom is -0.421 e. The summed E-state index contributed by atoms with van der Waals surface area (Å²) in [4.78, 5) is 3.77. The van der Waals surface area contributed by atoms with E-state index in [9.17, 15) is 0 Å². The molecule has 0 aromatic carbocycles. The highest BCUT2D eigenvalue weighted by atomic mass is 16.4. The normalized spacial score (nSPS) is 10.2. The molecule has 3 N–H and O–H groups in total. The van der Waals surface area contributed by atoms with E-state index in [1.54, 1.807) is 0 Å². The predicted molar refractivity (Wildman–Crippen MR) is 34.1 cm³/mol. The Labute approximate surface area is 60.6 Å². The fourth-order valence-electron chi connectivity index (χ4n) is 0.640. The van der Waals surface area contributed by atoms with Crippen LogP contribution in [0.2, 0.25) is 0 Å². The van der Waals surface area contributed by atoms with Crippen molar-refractivity contribution in [3.05, 3.63) is 6.39 Å². The molecule has 0 spiro atoms. The van der Waals surface area contributed by atoms with Crippen molar-refractivity contribution in [2.45, 2.75) is 0 Å². The van der Waals surface area contributed by atoms with Crippen LogP contribution in [-0.4, -0.2) is 25.4 Å². The zero-order valence-corrected chi connectivity index (χ0v) is 5.35. The molecular weight excluding hydrogens is 148 g/mol. The van der Waals surface area contributed by atoms with E-state index in [2.05, 4.69) is 25.4 Å². The smallest absolute Gasteiger partial charge is 0.287 e. The van der Waals surface area contributed by atoms with E-state index in [0.29, 0.717) is 5.82 Å². The lowest BCUT2D eigenvalue weighted by Crippen LogP contribution is -1.85. The second-order valence-electron chi connectivity index (χ2n) is 1.79. The van der Waals surface area contributed by atoms with Gasteiger partial charge < -0.3 is 10.2 Å². The van der Waals surface area contributed by atoms with Crippen LogP contribution in [-0.2, 0) is 0 Å². The summed E-state index contributed by atoms with van der Waals surface area (Å²) >= 11 is 0. The molecular formula is C4H4N6O. The molecule has 2 rings (SSSR count). The number of aromatic nitrogens is 5. The van der Waals surface area contributed by atoms with Gasteiger partial charge in [-0.2, -0.15) is 4.98 Å². The second kappa shape index (κ2) is 2.04. The van der Waals surface area contributed by atoms with Crippen molar-refractivity contribution in [1.29, 1.82) is 0 Å². The van der Waals surface area contributed by atoms with Gasteiger partial charge in [-0.25, -0.2) is 5.10 Å². The number of nitrogens with two attached hydrogens (primary N) is 1. The summed E-state index contributed by atoms with van der Waals surface area (Å²) in [5.74, 6) is 0.774. The van der Waals surface area contributed by atoms with Gasteiger partial charge in [-0.15, -0.1) is 15.3 Å². The molecule has 7 heteroatoms. The average molecular weight is 152 g/mol. The number of H-pyrrole nitrogens is 1. The molecule has 2 heterocycles. The van der Waals surface area contributed by atoms with Crippen LogP contribution in [0.15, 0.2) is 10.8 Å². The lowest BCUT2D eigenvalue weighted by Gasteiger charge is -1.78. The largest absolute Gasteiger partial charge is 0.421 e. The van der Waals surface area contributed by atoms with Crippen molar-refractivity contribution in [2.24, 2.45) is 0 Å². The Hall–Kier alpha value is -1.92. The Morgan fingerprint density at radius 2 is 2.45 bits per heavy atom. The molecule has 0 amide bonds. The van der Waals surface area contributed by atoms with Crippen molar-refractivity contribution in [1.82, 2.24) is 25.4 Å². The Kier molecular flexibility index (Phi) is 1.08. The van der Waals surface area contributed by atoms with Gasteiger partial charge in [0.25, 0.3) is 5.89 Å². The Balaban J connectivity index is 2.45. The number of rotatable bonds is 1. The minimum atomic E-state index is 0.221. The monoisotopic (exact) mass is 152 g/mol. The Morgan fingerprint density at radius 1 is 1.55 bits per heavy atom. The molecule has 0 aliphatic heterocycles. The van der Waals surface area contributed by atoms with Crippen LogP contribution < -0.4 is 5.73 Å². The van der Waals surface area contributed by atoms with Gasteiger partial charge in [0.15, 0.2) is 0 Å². The number of hydrogen-bond donors (Lipinski definition) is 2. The number of anilines is 1. The first-order valence-electron chi connectivity index (χ1n) is 2.80. The summed E-state index contributed by atoms with van der Waals surface area (Å²) in [6, 6.07) is 0. The van der Waals surface area contributed by atoms with Gasteiger partial charge in [-0.3, -0.25) is 0 Å². The lowest BCUT2D eigenvalue weighted by molar-refractivity contribution is 0.564. The van der Waals surface area contributed by atoms with Gasteiger partial charge in [0.05, 0.1) is 0 Å². The molecule has 0 saturated carbocycles. The molecule has 0 bridgehead atoms. The number of nitrogen functional groups attached to an aromatic ring is 1. The third-order valence-corrected chi connectivity index (χ3v) is 1.05. The average Bonchev–Trinajstić information content (AvgIpc) is 2.55. The van der Waals surface area contributed by atoms with Crippen molar-refractivity contribution in [3.8, 4) is 11.7 Å². The standard InChI is InChI=1S/C4H4N6O/c5-4-7-2(8-10-4)3-9-6-1-11-3/h1H,(H3,5,7,8,10). The SMILES string of the molecule is Nc1nc(-c2nnco2)n[nH]1. The van der Waals surface area contributed by atoms with E-state index < -0.39 is 0 Å². The van der Waals surface area contributed by atoms with Crippen LogP contribution >= 0.6 is 0 Å². The van der Waals surface area contributed by atoms with E-state index in [1.807, 2.05) is 0 Å². The Morgan fingerprint density at radius 3 is 3.00 bits per heavy atom. The summed E-state index contributed by atoms with van der Waals surface area (Å²) in [6.07, 6.45) is 1.20. The van der Waals surface area contributed by atoms with Crippen molar-refractivity contribution in [3.63, 3.8) is 0 Å². The highest BCUT2D eigenvalue weighted by Crippen LogP contribution is 2.09. The molecule has 2 aromatic heterocycles. The first-order valence-corrected chi connectivity index (χ1v) is 2.80. The molecule has 0 saturated heterocycles. The number of nitrogens with zero attached hydrogens (tertiary/aromatic N) is 4.